The van der Waals surface area contributed by atoms with Crippen molar-refractivity contribution in [1.82, 2.24) is 20.3 Å². The quantitative estimate of drug-likeness (QED) is 0.732. The first-order valence-corrected chi connectivity index (χ1v) is 6.52. The van der Waals surface area contributed by atoms with Crippen LogP contribution >= 0.6 is 0 Å². The van der Waals surface area contributed by atoms with E-state index in [4.69, 9.17) is 11.5 Å². The van der Waals surface area contributed by atoms with E-state index in [-0.39, 0.29) is 29.4 Å². The molecule has 0 spiro atoms. The molecule has 0 aliphatic heterocycles. The second kappa shape index (κ2) is 6.17. The van der Waals surface area contributed by atoms with Crippen molar-refractivity contribution in [2.75, 3.05) is 5.73 Å². The molecule has 8 nitrogen and oxygen atoms in total. The number of carbonyl (C=O) groups is 2. The van der Waals surface area contributed by atoms with Crippen LogP contribution in [0.15, 0.2) is 18.3 Å². The lowest BCUT2D eigenvalue weighted by atomic mass is 10.2. The summed E-state index contributed by atoms with van der Waals surface area (Å²) in [6, 6.07) is 3.71. The van der Waals surface area contributed by atoms with Crippen LogP contribution in [0.2, 0.25) is 0 Å². The number of nitrogens with two attached hydrogens (primary N) is 2. The third-order valence-corrected chi connectivity index (χ3v) is 3.08. The molecule has 2 heterocycles. The van der Waals surface area contributed by atoms with Gasteiger partial charge in [-0.3, -0.25) is 14.6 Å². The highest BCUT2D eigenvalue weighted by Crippen LogP contribution is 2.11. The molecule has 0 aromatic carbocycles. The van der Waals surface area contributed by atoms with Crippen molar-refractivity contribution in [2.45, 2.75) is 20.4 Å². The fourth-order valence-electron chi connectivity index (χ4n) is 1.88. The summed E-state index contributed by atoms with van der Waals surface area (Å²) in [6.07, 6.45) is 1.65. The summed E-state index contributed by atoms with van der Waals surface area (Å²) in [7, 11) is 0. The zero-order chi connectivity index (χ0) is 16.3. The molecular formula is C14H16N6O2. The van der Waals surface area contributed by atoms with E-state index in [1.54, 1.807) is 6.20 Å². The molecule has 0 aliphatic carbocycles. The number of nitrogen functional groups attached to an aromatic ring is 1. The largest absolute Gasteiger partial charge is 0.382 e. The van der Waals surface area contributed by atoms with Crippen molar-refractivity contribution >= 4 is 17.6 Å². The molecule has 2 amide bonds. The Morgan fingerprint density at radius 2 is 1.95 bits per heavy atom. The van der Waals surface area contributed by atoms with Crippen LogP contribution in [0, 0.1) is 13.8 Å². The Morgan fingerprint density at radius 1 is 1.23 bits per heavy atom. The van der Waals surface area contributed by atoms with E-state index >= 15 is 0 Å². The number of carbonyl (C=O) groups excluding carboxylic acids is 2. The van der Waals surface area contributed by atoms with Crippen LogP contribution in [0.3, 0.4) is 0 Å². The highest BCUT2D eigenvalue weighted by molar-refractivity contribution is 5.98. The summed E-state index contributed by atoms with van der Waals surface area (Å²) < 4.78 is 0. The Bertz CT molecular complexity index is 744. The number of anilines is 1. The first-order valence-electron chi connectivity index (χ1n) is 6.52. The van der Waals surface area contributed by atoms with Gasteiger partial charge in [0.1, 0.15) is 0 Å². The smallest absolute Gasteiger partial charge is 0.274 e. The molecule has 0 saturated heterocycles. The third kappa shape index (κ3) is 3.17. The molecule has 114 valence electrons. The van der Waals surface area contributed by atoms with Gasteiger partial charge in [-0.15, -0.1) is 0 Å². The second-order valence-corrected chi connectivity index (χ2v) is 4.71. The van der Waals surface area contributed by atoms with Gasteiger partial charge in [0, 0.05) is 6.20 Å². The van der Waals surface area contributed by atoms with Gasteiger partial charge < -0.3 is 16.8 Å². The molecule has 0 unspecified atom stereocenters. The van der Waals surface area contributed by atoms with Crippen LogP contribution in [0.25, 0.3) is 0 Å². The van der Waals surface area contributed by atoms with Crippen molar-refractivity contribution in [2.24, 2.45) is 5.73 Å². The van der Waals surface area contributed by atoms with Gasteiger partial charge in [-0.1, -0.05) is 6.07 Å². The molecular weight excluding hydrogens is 284 g/mol. The fraction of sp³-hybridized carbons (Fsp3) is 0.214. The van der Waals surface area contributed by atoms with Crippen molar-refractivity contribution < 1.29 is 9.59 Å². The molecule has 22 heavy (non-hydrogen) atoms. The van der Waals surface area contributed by atoms with E-state index in [1.165, 1.54) is 6.92 Å². The fourth-order valence-corrected chi connectivity index (χ4v) is 1.88. The Kier molecular flexibility index (Phi) is 4.31. The molecule has 8 heteroatoms. The first-order chi connectivity index (χ1) is 10.4. The molecule has 0 aliphatic rings. The van der Waals surface area contributed by atoms with Gasteiger partial charge in [0.25, 0.3) is 11.8 Å². The van der Waals surface area contributed by atoms with Crippen LogP contribution in [0.5, 0.6) is 0 Å². The molecule has 2 aromatic rings. The molecule has 0 atom stereocenters. The highest BCUT2D eigenvalue weighted by Gasteiger charge is 2.18. The minimum absolute atomic E-state index is 0.0453. The van der Waals surface area contributed by atoms with Gasteiger partial charge in [0.05, 0.1) is 17.9 Å². The van der Waals surface area contributed by atoms with E-state index in [0.29, 0.717) is 0 Å². The number of aromatic nitrogens is 3. The summed E-state index contributed by atoms with van der Waals surface area (Å²) in [5, 5.41) is 2.67. The lowest BCUT2D eigenvalue weighted by Crippen LogP contribution is -2.28. The Hall–Kier alpha value is -3.03. The maximum atomic E-state index is 12.1. The SMILES string of the molecule is Cc1cccnc1CNC(=O)c1nc(C)c(C(N)=O)nc1N. The van der Waals surface area contributed by atoms with E-state index in [0.717, 1.165) is 11.3 Å². The van der Waals surface area contributed by atoms with Crippen LogP contribution in [-0.2, 0) is 6.54 Å². The van der Waals surface area contributed by atoms with Crippen LogP contribution < -0.4 is 16.8 Å². The standard InChI is InChI=1S/C14H16N6O2/c1-7-4-3-5-17-9(7)6-18-14(22)11-12(15)20-10(13(16)21)8(2)19-11/h3-5H,6H2,1-2H3,(H2,15,20)(H2,16,21)(H,18,22). The van der Waals surface area contributed by atoms with Gasteiger partial charge in [-0.25, -0.2) is 9.97 Å². The van der Waals surface area contributed by atoms with Crippen LogP contribution in [0.4, 0.5) is 5.82 Å². The number of rotatable bonds is 4. The number of hydrogen-bond acceptors (Lipinski definition) is 6. The Balaban J connectivity index is 2.18. The molecule has 0 radical (unpaired) electrons. The van der Waals surface area contributed by atoms with Gasteiger partial charge in [0.15, 0.2) is 17.2 Å². The third-order valence-electron chi connectivity index (χ3n) is 3.08. The number of hydrogen-bond donors (Lipinski definition) is 3. The lowest BCUT2D eigenvalue weighted by Gasteiger charge is -2.09. The Morgan fingerprint density at radius 3 is 2.59 bits per heavy atom. The monoisotopic (exact) mass is 300 g/mol. The first kappa shape index (κ1) is 15.4. The predicted octanol–water partition coefficient (Wildman–Crippen LogP) is 0.0995. The summed E-state index contributed by atoms with van der Waals surface area (Å²) in [5.74, 6) is -1.38. The topological polar surface area (TPSA) is 137 Å². The average Bonchev–Trinajstić information content (AvgIpc) is 2.47. The summed E-state index contributed by atoms with van der Waals surface area (Å²) in [6.45, 7) is 3.67. The molecule has 2 aromatic heterocycles. The molecule has 5 N–H and O–H groups in total. The lowest BCUT2D eigenvalue weighted by molar-refractivity contribution is 0.0941. The number of pyridine rings is 1. The van der Waals surface area contributed by atoms with Crippen LogP contribution in [-0.4, -0.2) is 26.8 Å². The summed E-state index contributed by atoms with van der Waals surface area (Å²) in [5.41, 5.74) is 12.7. The molecule has 2 rings (SSSR count). The normalized spacial score (nSPS) is 10.3. The van der Waals surface area contributed by atoms with Gasteiger partial charge in [0.2, 0.25) is 0 Å². The number of amides is 2. The molecule has 0 saturated carbocycles. The maximum absolute atomic E-state index is 12.1. The second-order valence-electron chi connectivity index (χ2n) is 4.71. The zero-order valence-corrected chi connectivity index (χ0v) is 12.3. The Labute approximate surface area is 127 Å². The highest BCUT2D eigenvalue weighted by atomic mass is 16.2. The number of primary amides is 1. The van der Waals surface area contributed by atoms with Gasteiger partial charge in [-0.05, 0) is 25.5 Å². The predicted molar refractivity (Wildman–Crippen MR) is 79.8 cm³/mol. The van der Waals surface area contributed by atoms with E-state index in [1.807, 2.05) is 19.1 Å². The summed E-state index contributed by atoms with van der Waals surface area (Å²) in [4.78, 5) is 35.3. The van der Waals surface area contributed by atoms with Crippen molar-refractivity contribution in [3.63, 3.8) is 0 Å². The molecule has 0 fully saturated rings. The number of nitrogens with one attached hydrogen (secondary N) is 1. The van der Waals surface area contributed by atoms with Crippen molar-refractivity contribution in [1.29, 1.82) is 0 Å². The number of aryl methyl sites for hydroxylation is 2. The van der Waals surface area contributed by atoms with Crippen molar-refractivity contribution in [3.8, 4) is 0 Å². The maximum Gasteiger partial charge on any atom is 0.274 e. The van der Waals surface area contributed by atoms with E-state index in [2.05, 4.69) is 20.3 Å². The minimum Gasteiger partial charge on any atom is -0.382 e. The van der Waals surface area contributed by atoms with Crippen LogP contribution in [0.1, 0.15) is 37.9 Å². The minimum atomic E-state index is -0.743. The molecule has 0 bridgehead atoms. The van der Waals surface area contributed by atoms with E-state index in [9.17, 15) is 9.59 Å². The van der Waals surface area contributed by atoms with Gasteiger partial charge >= 0.3 is 0 Å². The average molecular weight is 300 g/mol. The van der Waals surface area contributed by atoms with E-state index < -0.39 is 11.8 Å². The summed E-state index contributed by atoms with van der Waals surface area (Å²) >= 11 is 0. The van der Waals surface area contributed by atoms with Crippen molar-refractivity contribution in [3.05, 3.63) is 46.7 Å². The van der Waals surface area contributed by atoms with Gasteiger partial charge in [-0.2, -0.15) is 0 Å². The zero-order valence-electron chi connectivity index (χ0n) is 12.3. The number of nitrogens with zero attached hydrogens (tertiary/aromatic N) is 3.